The number of nitrogens with one attached hydrogen (secondary N) is 1. The lowest BCUT2D eigenvalue weighted by Crippen LogP contribution is -2.32. The predicted molar refractivity (Wildman–Crippen MR) is 82.9 cm³/mol. The van der Waals surface area contributed by atoms with Gasteiger partial charge in [-0.1, -0.05) is 0 Å². The van der Waals surface area contributed by atoms with Gasteiger partial charge in [0, 0.05) is 42.5 Å². The first-order valence-corrected chi connectivity index (χ1v) is 8.81. The molecule has 1 saturated heterocycles. The van der Waals surface area contributed by atoms with Gasteiger partial charge in [0.15, 0.2) is 5.13 Å². The highest BCUT2D eigenvalue weighted by Crippen LogP contribution is 2.23. The third-order valence-corrected chi connectivity index (χ3v) is 5.57. The molecule has 1 N–H and O–H groups in total. The second-order valence-electron chi connectivity index (χ2n) is 4.58. The monoisotopic (exact) mass is 285 g/mol. The molecule has 0 bridgehead atoms. The maximum atomic E-state index is 4.52. The topological polar surface area (TPSA) is 28.2 Å². The summed E-state index contributed by atoms with van der Waals surface area (Å²) in [6.45, 7) is 7.42. The van der Waals surface area contributed by atoms with Gasteiger partial charge >= 0.3 is 0 Å². The van der Waals surface area contributed by atoms with Gasteiger partial charge in [0.25, 0.3) is 0 Å². The van der Waals surface area contributed by atoms with Crippen molar-refractivity contribution in [1.29, 1.82) is 0 Å². The van der Waals surface area contributed by atoms with Crippen molar-refractivity contribution < 1.29 is 0 Å². The zero-order valence-electron chi connectivity index (χ0n) is 11.3. The second kappa shape index (κ2) is 7.36. The van der Waals surface area contributed by atoms with Crippen molar-refractivity contribution in [2.24, 2.45) is 0 Å². The highest BCUT2D eigenvalue weighted by molar-refractivity contribution is 7.99. The van der Waals surface area contributed by atoms with Crippen LogP contribution in [0.25, 0.3) is 0 Å². The molecule has 1 fully saturated rings. The second-order valence-corrected chi connectivity index (χ2v) is 6.82. The molecule has 3 nitrogen and oxygen atoms in total. The third-order valence-electron chi connectivity index (χ3n) is 3.30. The molecule has 0 amide bonds. The minimum absolute atomic E-state index is 0.697. The van der Waals surface area contributed by atoms with Crippen LogP contribution in [0.15, 0.2) is 6.20 Å². The molecule has 1 atom stereocenters. The Balaban J connectivity index is 1.82. The Labute approximate surface area is 118 Å². The molecule has 1 unspecified atom stereocenters. The van der Waals surface area contributed by atoms with E-state index >= 15 is 0 Å². The van der Waals surface area contributed by atoms with E-state index < -0.39 is 0 Å². The van der Waals surface area contributed by atoms with Crippen LogP contribution in [0.2, 0.25) is 0 Å². The quantitative estimate of drug-likeness (QED) is 0.870. The number of nitrogens with zero attached hydrogens (tertiary/aromatic N) is 2. The van der Waals surface area contributed by atoms with Gasteiger partial charge in [-0.05, 0) is 32.4 Å². The summed E-state index contributed by atoms with van der Waals surface area (Å²) in [6.07, 6.45) is 4.71. The van der Waals surface area contributed by atoms with E-state index in [9.17, 15) is 0 Å². The van der Waals surface area contributed by atoms with E-state index in [1.54, 1.807) is 0 Å². The average molecular weight is 285 g/mol. The number of aromatic nitrogens is 1. The van der Waals surface area contributed by atoms with E-state index in [-0.39, 0.29) is 0 Å². The van der Waals surface area contributed by atoms with E-state index in [4.69, 9.17) is 0 Å². The van der Waals surface area contributed by atoms with Crippen molar-refractivity contribution in [3.8, 4) is 0 Å². The van der Waals surface area contributed by atoms with Crippen LogP contribution in [-0.2, 0) is 6.54 Å². The maximum Gasteiger partial charge on any atom is 0.185 e. The molecular weight excluding hydrogens is 262 g/mol. The molecule has 102 valence electrons. The number of thioether (sulfide) groups is 1. The van der Waals surface area contributed by atoms with Crippen LogP contribution in [0.1, 0.15) is 31.6 Å². The van der Waals surface area contributed by atoms with Crippen LogP contribution < -0.4 is 10.2 Å². The Hall–Kier alpha value is -0.260. The highest BCUT2D eigenvalue weighted by atomic mass is 32.2. The minimum Gasteiger partial charge on any atom is -0.349 e. The molecule has 1 aromatic rings. The molecule has 1 aromatic heterocycles. The highest BCUT2D eigenvalue weighted by Gasteiger charge is 2.14. The number of rotatable bonds is 6. The van der Waals surface area contributed by atoms with Crippen LogP contribution in [-0.4, -0.2) is 35.6 Å². The number of thiazole rings is 1. The van der Waals surface area contributed by atoms with E-state index in [0.29, 0.717) is 6.04 Å². The van der Waals surface area contributed by atoms with Crippen LogP contribution in [0.3, 0.4) is 0 Å². The van der Waals surface area contributed by atoms with Gasteiger partial charge in [-0.25, -0.2) is 4.98 Å². The zero-order chi connectivity index (χ0) is 12.8. The normalized spacial score (nSPS) is 20.0. The summed E-state index contributed by atoms with van der Waals surface area (Å²) in [5, 5.41) is 4.82. The summed E-state index contributed by atoms with van der Waals surface area (Å²) < 4.78 is 0. The molecular formula is C13H23N3S2. The summed E-state index contributed by atoms with van der Waals surface area (Å²) >= 11 is 3.90. The van der Waals surface area contributed by atoms with Gasteiger partial charge in [-0.2, -0.15) is 11.8 Å². The Kier molecular flexibility index (Phi) is 5.79. The Morgan fingerprint density at radius 2 is 2.28 bits per heavy atom. The summed E-state index contributed by atoms with van der Waals surface area (Å²) in [5.74, 6) is 2.60. The third kappa shape index (κ3) is 3.87. The molecule has 0 aromatic carbocycles. The Morgan fingerprint density at radius 1 is 1.44 bits per heavy atom. The molecule has 5 heteroatoms. The van der Waals surface area contributed by atoms with Gasteiger partial charge in [0.05, 0.1) is 0 Å². The van der Waals surface area contributed by atoms with E-state index in [1.807, 2.05) is 17.5 Å². The molecule has 0 spiro atoms. The summed E-state index contributed by atoms with van der Waals surface area (Å²) in [5.41, 5.74) is 0. The van der Waals surface area contributed by atoms with Crippen molar-refractivity contribution in [2.45, 2.75) is 39.3 Å². The van der Waals surface area contributed by atoms with Crippen molar-refractivity contribution in [3.05, 3.63) is 11.1 Å². The Morgan fingerprint density at radius 3 is 2.94 bits per heavy atom. The fourth-order valence-corrected chi connectivity index (χ4v) is 4.26. The van der Waals surface area contributed by atoms with Crippen LogP contribution >= 0.6 is 23.1 Å². The number of hydrogen-bond acceptors (Lipinski definition) is 5. The first-order chi connectivity index (χ1) is 8.83. The van der Waals surface area contributed by atoms with Gasteiger partial charge in [0.2, 0.25) is 0 Å². The number of hydrogen-bond donors (Lipinski definition) is 1. The van der Waals surface area contributed by atoms with Gasteiger partial charge in [-0.3, -0.25) is 0 Å². The smallest absolute Gasteiger partial charge is 0.185 e. The number of anilines is 1. The average Bonchev–Trinajstić information content (AvgIpc) is 2.88. The molecule has 0 saturated carbocycles. The predicted octanol–water partition coefficient (Wildman–Crippen LogP) is 2.97. The van der Waals surface area contributed by atoms with Crippen molar-refractivity contribution >= 4 is 28.2 Å². The summed E-state index contributed by atoms with van der Waals surface area (Å²) in [4.78, 5) is 8.19. The standard InChI is InChI=1S/C13H23N3S2/c1-3-16(4-2)13-15-9-12(18-13)8-14-11-6-5-7-17-10-11/h9,11,14H,3-8,10H2,1-2H3. The van der Waals surface area contributed by atoms with Gasteiger partial charge in [-0.15, -0.1) is 11.3 Å². The lowest BCUT2D eigenvalue weighted by Gasteiger charge is -2.22. The van der Waals surface area contributed by atoms with Gasteiger partial charge in [0.1, 0.15) is 0 Å². The largest absolute Gasteiger partial charge is 0.349 e. The first kappa shape index (κ1) is 14.2. The lowest BCUT2D eigenvalue weighted by atomic mass is 10.2. The fraction of sp³-hybridized carbons (Fsp3) is 0.769. The molecule has 2 rings (SSSR count). The van der Waals surface area contributed by atoms with Crippen LogP contribution in [0.5, 0.6) is 0 Å². The first-order valence-electron chi connectivity index (χ1n) is 6.84. The zero-order valence-corrected chi connectivity index (χ0v) is 12.9. The van der Waals surface area contributed by atoms with Crippen molar-refractivity contribution in [2.75, 3.05) is 29.5 Å². The fourth-order valence-electron chi connectivity index (χ4n) is 2.17. The van der Waals surface area contributed by atoms with Crippen LogP contribution in [0, 0.1) is 0 Å². The molecule has 0 radical (unpaired) electrons. The van der Waals surface area contributed by atoms with E-state index in [1.165, 1.54) is 29.2 Å². The summed E-state index contributed by atoms with van der Waals surface area (Å²) in [7, 11) is 0. The Bertz CT molecular complexity index is 344. The van der Waals surface area contributed by atoms with Crippen molar-refractivity contribution in [1.82, 2.24) is 10.3 Å². The summed E-state index contributed by atoms with van der Waals surface area (Å²) in [6, 6.07) is 0.697. The molecule has 1 aliphatic heterocycles. The van der Waals surface area contributed by atoms with E-state index in [2.05, 4.69) is 40.8 Å². The van der Waals surface area contributed by atoms with E-state index in [0.717, 1.165) is 24.8 Å². The minimum atomic E-state index is 0.697. The molecule has 0 aliphatic carbocycles. The molecule has 1 aliphatic rings. The van der Waals surface area contributed by atoms with Crippen molar-refractivity contribution in [3.63, 3.8) is 0 Å². The SMILES string of the molecule is CCN(CC)c1ncc(CNC2CCCSC2)s1. The van der Waals surface area contributed by atoms with Gasteiger partial charge < -0.3 is 10.2 Å². The molecule has 18 heavy (non-hydrogen) atoms. The molecule has 2 heterocycles. The lowest BCUT2D eigenvalue weighted by molar-refractivity contribution is 0.510. The van der Waals surface area contributed by atoms with Crippen LogP contribution in [0.4, 0.5) is 5.13 Å². The maximum absolute atomic E-state index is 4.52.